The van der Waals surface area contributed by atoms with Gasteiger partial charge in [0.25, 0.3) is 0 Å². The number of rotatable bonds is 9. The van der Waals surface area contributed by atoms with Crippen molar-refractivity contribution in [3.05, 3.63) is 18.2 Å². The Labute approximate surface area is 205 Å². The summed E-state index contributed by atoms with van der Waals surface area (Å²) in [7, 11) is 3.13. The number of ether oxygens (including phenoxy) is 2. The lowest BCUT2D eigenvalue weighted by molar-refractivity contribution is -0.136. The van der Waals surface area contributed by atoms with E-state index in [1.54, 1.807) is 7.11 Å². The van der Waals surface area contributed by atoms with Gasteiger partial charge in [0.05, 0.1) is 19.2 Å². The number of nitrogens with one attached hydrogen (secondary N) is 2. The summed E-state index contributed by atoms with van der Waals surface area (Å²) in [6.45, 7) is 1.66. The zero-order chi connectivity index (χ0) is 24.8. The van der Waals surface area contributed by atoms with Gasteiger partial charge in [0.15, 0.2) is 0 Å². The van der Waals surface area contributed by atoms with Gasteiger partial charge in [-0.1, -0.05) is 0 Å². The summed E-state index contributed by atoms with van der Waals surface area (Å²) in [6, 6.07) is 5.70. The number of likely N-dealkylation sites (tertiary alicyclic amines) is 1. The molecule has 2 fully saturated rings. The number of hydrogen-bond acceptors (Lipinski definition) is 8. The zero-order valence-electron chi connectivity index (χ0n) is 20.6. The normalized spacial score (nSPS) is 23.3. The molecule has 0 unspecified atom stereocenters. The van der Waals surface area contributed by atoms with Crippen molar-refractivity contribution in [1.82, 2.24) is 14.9 Å². The molecule has 10 heteroatoms. The Morgan fingerprint density at radius 3 is 2.60 bits per heavy atom. The minimum atomic E-state index is -1.34. The number of alkyl halides is 1. The maximum Gasteiger partial charge on any atom is 0.248 e. The van der Waals surface area contributed by atoms with E-state index < -0.39 is 5.67 Å². The van der Waals surface area contributed by atoms with Crippen LogP contribution in [0.4, 0.5) is 16.2 Å². The lowest BCUT2D eigenvalue weighted by atomic mass is 9.80. The zero-order valence-corrected chi connectivity index (χ0v) is 20.6. The Kier molecular flexibility index (Phi) is 8.22. The molecule has 0 bridgehead atoms. The molecule has 2 aromatic rings. The van der Waals surface area contributed by atoms with Crippen LogP contribution >= 0.6 is 0 Å². The van der Waals surface area contributed by atoms with Crippen molar-refractivity contribution < 1.29 is 23.8 Å². The van der Waals surface area contributed by atoms with Crippen LogP contribution in [0.1, 0.15) is 38.5 Å². The van der Waals surface area contributed by atoms with Gasteiger partial charge in [0.1, 0.15) is 23.8 Å². The highest BCUT2D eigenvalue weighted by molar-refractivity contribution is 5.91. The van der Waals surface area contributed by atoms with E-state index in [2.05, 4.69) is 15.6 Å². The number of halogens is 1. The van der Waals surface area contributed by atoms with E-state index in [1.165, 1.54) is 7.11 Å². The van der Waals surface area contributed by atoms with Gasteiger partial charge in [0.2, 0.25) is 11.9 Å². The standard InChI is InChI=1S/C25H36FN5O4/c1-34-15-22(33)31-11-7-18(8-12-31)28-24-29-21-4-3-19(35-2)13-20(21)23(30-24)27-16-25(26)9-5-17(14-32)6-10-25/h3-4,13,17-18,32H,5-12,14-16H2,1-2H3,(H2,27,28,29,30). The lowest BCUT2D eigenvalue weighted by Gasteiger charge is -2.33. The first kappa shape index (κ1) is 25.4. The smallest absolute Gasteiger partial charge is 0.248 e. The summed E-state index contributed by atoms with van der Waals surface area (Å²) >= 11 is 0. The summed E-state index contributed by atoms with van der Waals surface area (Å²) in [5.41, 5.74) is -0.604. The molecule has 35 heavy (non-hydrogen) atoms. The van der Waals surface area contributed by atoms with Crippen molar-refractivity contribution in [2.24, 2.45) is 5.92 Å². The predicted molar refractivity (Wildman–Crippen MR) is 133 cm³/mol. The number of amides is 1. The fraction of sp³-hybridized carbons (Fsp3) is 0.640. The highest BCUT2D eigenvalue weighted by Crippen LogP contribution is 2.36. The minimum Gasteiger partial charge on any atom is -0.497 e. The topological polar surface area (TPSA) is 109 Å². The second kappa shape index (κ2) is 11.3. The first-order valence-electron chi connectivity index (χ1n) is 12.4. The Balaban J connectivity index is 1.48. The number of carbonyl (C=O) groups excluding carboxylic acids is 1. The van der Waals surface area contributed by atoms with Crippen LogP contribution in [-0.2, 0) is 9.53 Å². The molecule has 0 atom stereocenters. The Hall–Kier alpha value is -2.72. The molecule has 1 aromatic carbocycles. The second-order valence-electron chi connectivity index (χ2n) is 9.64. The molecule has 0 spiro atoms. The van der Waals surface area contributed by atoms with E-state index in [1.807, 2.05) is 23.1 Å². The van der Waals surface area contributed by atoms with Crippen molar-refractivity contribution in [3.63, 3.8) is 0 Å². The van der Waals surface area contributed by atoms with Crippen molar-refractivity contribution in [1.29, 1.82) is 0 Å². The molecule has 4 rings (SSSR count). The van der Waals surface area contributed by atoms with E-state index in [0.717, 1.165) is 23.7 Å². The van der Waals surface area contributed by atoms with Crippen LogP contribution in [0.3, 0.4) is 0 Å². The van der Waals surface area contributed by atoms with Crippen LogP contribution in [0.15, 0.2) is 18.2 Å². The number of piperidine rings is 1. The number of nitrogens with zero attached hydrogens (tertiary/aromatic N) is 3. The molecule has 1 saturated carbocycles. The van der Waals surface area contributed by atoms with Gasteiger partial charge in [-0.15, -0.1) is 0 Å². The third-order valence-corrected chi connectivity index (χ3v) is 7.18. The van der Waals surface area contributed by atoms with Crippen molar-refractivity contribution in [2.45, 2.75) is 50.2 Å². The number of fused-ring (bicyclic) bond motifs is 1. The molecule has 2 aliphatic rings. The van der Waals surface area contributed by atoms with Crippen molar-refractivity contribution in [2.75, 3.05) is 57.7 Å². The molecule has 3 N–H and O–H groups in total. The quantitative estimate of drug-likeness (QED) is 0.493. The van der Waals surface area contributed by atoms with E-state index >= 15 is 4.39 Å². The van der Waals surface area contributed by atoms with Crippen LogP contribution in [-0.4, -0.2) is 84.7 Å². The summed E-state index contributed by atoms with van der Waals surface area (Å²) in [4.78, 5) is 23.3. The van der Waals surface area contributed by atoms with Gasteiger partial charge >= 0.3 is 0 Å². The predicted octanol–water partition coefficient (Wildman–Crippen LogP) is 2.99. The maximum absolute atomic E-state index is 15.5. The van der Waals surface area contributed by atoms with Crippen LogP contribution < -0.4 is 15.4 Å². The van der Waals surface area contributed by atoms with Crippen molar-refractivity contribution >= 4 is 28.6 Å². The number of carbonyl (C=O) groups is 1. The molecule has 0 radical (unpaired) electrons. The summed E-state index contributed by atoms with van der Waals surface area (Å²) in [6.07, 6.45) is 3.77. The molecule has 1 saturated heterocycles. The molecule has 1 aliphatic carbocycles. The molecule has 9 nitrogen and oxygen atoms in total. The SMILES string of the molecule is COCC(=O)N1CCC(Nc2nc(NCC3(F)CCC(CO)CC3)c3cc(OC)ccc3n2)CC1. The Morgan fingerprint density at radius 2 is 1.94 bits per heavy atom. The van der Waals surface area contributed by atoms with Crippen LogP contribution in [0.25, 0.3) is 10.9 Å². The summed E-state index contributed by atoms with van der Waals surface area (Å²) in [5, 5.41) is 16.8. The molecular formula is C25H36FN5O4. The van der Waals surface area contributed by atoms with E-state index in [4.69, 9.17) is 14.5 Å². The highest BCUT2D eigenvalue weighted by Gasteiger charge is 2.35. The first-order chi connectivity index (χ1) is 16.9. The largest absolute Gasteiger partial charge is 0.497 e. The Bertz CT molecular complexity index is 1010. The van der Waals surface area contributed by atoms with Crippen molar-refractivity contribution in [3.8, 4) is 5.75 Å². The number of hydrogen-bond donors (Lipinski definition) is 3. The van der Waals surface area contributed by atoms with Gasteiger partial charge in [-0.05, 0) is 62.6 Å². The fourth-order valence-corrected chi connectivity index (χ4v) is 4.90. The lowest BCUT2D eigenvalue weighted by Crippen LogP contribution is -2.43. The number of methoxy groups -OCH3 is 2. The average molecular weight is 490 g/mol. The monoisotopic (exact) mass is 489 g/mol. The maximum atomic E-state index is 15.5. The molecule has 1 aliphatic heterocycles. The molecule has 1 aromatic heterocycles. The molecular weight excluding hydrogens is 453 g/mol. The number of aliphatic hydroxyl groups excluding tert-OH is 1. The highest BCUT2D eigenvalue weighted by atomic mass is 19.1. The number of aromatic nitrogens is 2. The summed E-state index contributed by atoms with van der Waals surface area (Å²) in [5.74, 6) is 1.90. The van der Waals surface area contributed by atoms with Crippen LogP contribution in [0, 0.1) is 5.92 Å². The third kappa shape index (κ3) is 6.29. The molecule has 1 amide bonds. The van der Waals surface area contributed by atoms with E-state index in [-0.39, 0.29) is 37.6 Å². The molecule has 192 valence electrons. The molecule has 2 heterocycles. The third-order valence-electron chi connectivity index (χ3n) is 7.18. The van der Waals surface area contributed by atoms with Gasteiger partial charge in [-0.3, -0.25) is 4.79 Å². The number of benzene rings is 1. The number of aliphatic hydroxyl groups is 1. The van der Waals surface area contributed by atoms with Gasteiger partial charge < -0.3 is 30.1 Å². The number of anilines is 2. The fourth-order valence-electron chi connectivity index (χ4n) is 4.90. The summed E-state index contributed by atoms with van der Waals surface area (Å²) < 4.78 is 25.8. The van der Waals surface area contributed by atoms with Gasteiger partial charge in [-0.2, -0.15) is 4.98 Å². The Morgan fingerprint density at radius 1 is 1.20 bits per heavy atom. The minimum absolute atomic E-state index is 0.00140. The van der Waals surface area contributed by atoms with Gasteiger partial charge in [-0.25, -0.2) is 9.37 Å². The van der Waals surface area contributed by atoms with E-state index in [9.17, 15) is 9.90 Å². The second-order valence-corrected chi connectivity index (χ2v) is 9.64. The van der Waals surface area contributed by atoms with Crippen LogP contribution in [0.2, 0.25) is 0 Å². The van der Waals surface area contributed by atoms with E-state index in [0.29, 0.717) is 56.3 Å². The van der Waals surface area contributed by atoms with Gasteiger partial charge in [0, 0.05) is 38.2 Å². The first-order valence-corrected chi connectivity index (χ1v) is 12.4. The van der Waals surface area contributed by atoms with Crippen LogP contribution in [0.5, 0.6) is 5.75 Å². The average Bonchev–Trinajstić information content (AvgIpc) is 2.88.